The molecule has 0 radical (unpaired) electrons. The minimum Gasteiger partial charge on any atom is -0.390 e. The van der Waals surface area contributed by atoms with E-state index in [0.29, 0.717) is 19.5 Å². The molecule has 2 N–H and O–H groups in total. The van der Waals surface area contributed by atoms with E-state index in [-0.39, 0.29) is 74.4 Å². The molecule has 0 saturated carbocycles. The molecule has 1 aromatic heterocycles. The van der Waals surface area contributed by atoms with Crippen molar-refractivity contribution in [3.63, 3.8) is 0 Å². The molecule has 2 rings (SSSR count). The van der Waals surface area contributed by atoms with Gasteiger partial charge in [0.25, 0.3) is 0 Å². The number of carbonyl (C=O) groups is 11. The Morgan fingerprint density at radius 1 is 0.505 bits per heavy atom. The van der Waals surface area contributed by atoms with Gasteiger partial charge in [-0.1, -0.05) is 104 Å². The minimum absolute atomic E-state index is 0.0733. The van der Waals surface area contributed by atoms with Crippen LogP contribution < -0.4 is 5.32 Å². The van der Waals surface area contributed by atoms with E-state index >= 15 is 19.2 Å². The number of hydrogen-bond donors (Lipinski definition) is 2. The number of rotatable bonds is 18. The molecule has 0 unspecified atom stereocenters. The highest BCUT2D eigenvalue weighted by Crippen LogP contribution is 2.30. The quantitative estimate of drug-likeness (QED) is 0.152. The van der Waals surface area contributed by atoms with Crippen molar-refractivity contribution in [3.05, 3.63) is 30.1 Å². The Morgan fingerprint density at radius 2 is 0.935 bits per heavy atom. The third-order valence-corrected chi connectivity index (χ3v) is 19.0. The van der Waals surface area contributed by atoms with Crippen LogP contribution in [-0.2, 0) is 59.3 Å². The molecule has 13 atom stereocenters. The summed E-state index contributed by atoms with van der Waals surface area (Å²) >= 11 is 0. The average Bonchev–Trinajstić information content (AvgIpc) is 0.841. The summed E-state index contributed by atoms with van der Waals surface area (Å²) < 4.78 is 0. The maximum absolute atomic E-state index is 15.5. The number of hydrogen-bond acceptors (Lipinski definition) is 14. The fraction of sp³-hybridized carbons (Fsp3) is 0.775. The van der Waals surface area contributed by atoms with Crippen molar-refractivity contribution in [1.29, 1.82) is 0 Å². The van der Waals surface area contributed by atoms with Gasteiger partial charge in [-0.2, -0.15) is 0 Å². The summed E-state index contributed by atoms with van der Waals surface area (Å²) in [6.07, 6.45) is 2.26. The van der Waals surface area contributed by atoms with Crippen LogP contribution in [0.25, 0.3) is 0 Å². The molecule has 22 heteroatoms. The first-order valence-corrected chi connectivity index (χ1v) is 34.1. The van der Waals surface area contributed by atoms with Gasteiger partial charge in [0.15, 0.2) is 17.3 Å². The number of pyridine rings is 1. The van der Waals surface area contributed by atoms with Gasteiger partial charge in [0.2, 0.25) is 47.3 Å². The van der Waals surface area contributed by atoms with Gasteiger partial charge in [-0.3, -0.25) is 57.7 Å². The molecule has 93 heavy (non-hydrogen) atoms. The molecule has 0 spiro atoms. The van der Waals surface area contributed by atoms with Crippen molar-refractivity contribution >= 4 is 64.6 Å². The Labute approximate surface area is 558 Å². The number of ketones is 3. The summed E-state index contributed by atoms with van der Waals surface area (Å²) in [6.45, 7) is 31.5. The lowest BCUT2D eigenvalue weighted by Gasteiger charge is -2.42. The van der Waals surface area contributed by atoms with Gasteiger partial charge in [0.1, 0.15) is 36.3 Å². The molecule has 0 aliphatic carbocycles. The second kappa shape index (κ2) is 37.8. The number of aromatic nitrogens is 1. The van der Waals surface area contributed by atoms with E-state index < -0.39 is 155 Å². The average molecular weight is 1310 g/mol. The molecule has 1 aromatic rings. The third-order valence-electron chi connectivity index (χ3n) is 19.0. The topological polar surface area (TPSA) is 259 Å². The van der Waals surface area contributed by atoms with Crippen molar-refractivity contribution in [2.45, 2.75) is 236 Å². The summed E-state index contributed by atoms with van der Waals surface area (Å²) in [6, 6.07) is -5.57. The van der Waals surface area contributed by atoms with Crippen LogP contribution in [0.2, 0.25) is 0 Å². The van der Waals surface area contributed by atoms with E-state index in [1.54, 1.807) is 53.9 Å². The molecule has 528 valence electrons. The standard InChI is InChI=1S/C71H122N10O12/c1-26-52-38-60(84)62(63(85)47(14)29-32-74(18)40-51-27-30-72-31-28-51)81(25)71(93)61(46(12)13)80(24)70(92)57(36-44(8)9)79(23)69(91)56(35-43(6)7)78(22)65(87)49(16)73-64(86)48(15)37-58(82)54(33-41(2)3)77(21)68(90)53(45(10)11)39-59(83)55(34-42(4)5)76(20)66(88)50(17)75(19)67(52)89/h27-28,30-31,41-50,52-57,61-63,85H,26,29,32-40H2,1-25H3,(H,73,86)/t47-,48+,49+,50-,52+,53-,54-,55+,56-,57-,61-,62+,63-/m1/s1. The van der Waals surface area contributed by atoms with Gasteiger partial charge in [0.05, 0.1) is 18.2 Å². The molecule has 0 bridgehead atoms. The first-order valence-electron chi connectivity index (χ1n) is 34.1. The Morgan fingerprint density at radius 3 is 1.40 bits per heavy atom. The van der Waals surface area contributed by atoms with Crippen molar-refractivity contribution in [1.82, 2.24) is 49.5 Å². The predicted octanol–water partition coefficient (Wildman–Crippen LogP) is 6.88. The van der Waals surface area contributed by atoms with Gasteiger partial charge >= 0.3 is 0 Å². The van der Waals surface area contributed by atoms with Crippen molar-refractivity contribution in [3.8, 4) is 0 Å². The monoisotopic (exact) mass is 1310 g/mol. The van der Waals surface area contributed by atoms with E-state index in [1.807, 2.05) is 88.4 Å². The van der Waals surface area contributed by atoms with E-state index in [9.17, 15) is 38.7 Å². The molecular formula is C71H122N10O12. The molecule has 1 aliphatic heterocycles. The minimum atomic E-state index is -1.53. The van der Waals surface area contributed by atoms with Crippen LogP contribution in [0, 0.1) is 59.2 Å². The van der Waals surface area contributed by atoms with Gasteiger partial charge in [-0.15, -0.1) is 0 Å². The molecule has 1 fully saturated rings. The van der Waals surface area contributed by atoms with Crippen molar-refractivity contribution < 1.29 is 57.8 Å². The zero-order valence-corrected chi connectivity index (χ0v) is 61.5. The van der Waals surface area contributed by atoms with E-state index in [0.717, 1.165) is 5.56 Å². The number of nitrogens with one attached hydrogen (secondary N) is 1. The summed E-state index contributed by atoms with van der Waals surface area (Å²) in [5, 5.41) is 15.3. The highest BCUT2D eigenvalue weighted by atomic mass is 16.3. The SMILES string of the molecule is CC[C@H]1CC(=O)[C@@H]([C@H](O)[C@H](C)CCN(C)Cc2ccncc2)N(C)C(=O)[C@@H](C(C)C)N(C)C(=O)[C@@H](CC(C)C)N(C)C(=O)[C@@H](CC(C)C)N(C)C(=O)[C@H](C)NC(=O)[C@@H](C)CC(=O)[C@@H](CC(C)C)N(C)C(=O)[C@@H](C(C)C)CC(=O)[C@H](CC(C)C)N(C)C(=O)[C@@H](C)N(C)C1=O. The Bertz CT molecular complexity index is 2670. The molecule has 0 aromatic carbocycles. The lowest BCUT2D eigenvalue weighted by atomic mass is 9.84. The third kappa shape index (κ3) is 23.3. The number of Topliss-reactive ketones (excluding diaryl/α,β-unsaturated/α-hetero) is 3. The van der Waals surface area contributed by atoms with Gasteiger partial charge in [0, 0.05) is 105 Å². The van der Waals surface area contributed by atoms with Crippen molar-refractivity contribution in [2.75, 3.05) is 62.9 Å². The Balaban J connectivity index is 3.01. The zero-order valence-electron chi connectivity index (χ0n) is 61.5. The van der Waals surface area contributed by atoms with Crippen LogP contribution in [0.15, 0.2) is 24.5 Å². The lowest BCUT2D eigenvalue weighted by Crippen LogP contribution is -2.62. The second-order valence-corrected chi connectivity index (χ2v) is 29.5. The Kier molecular flexibility index (Phi) is 33.7. The molecular weight excluding hydrogens is 1180 g/mol. The van der Waals surface area contributed by atoms with Gasteiger partial charge in [-0.25, -0.2) is 0 Å². The number of aliphatic hydroxyl groups is 1. The van der Waals surface area contributed by atoms with Crippen molar-refractivity contribution in [2.24, 2.45) is 59.2 Å². The normalized spacial score (nSPS) is 26.6. The summed E-state index contributed by atoms with van der Waals surface area (Å²) in [4.78, 5) is 179. The second-order valence-electron chi connectivity index (χ2n) is 29.5. The van der Waals surface area contributed by atoms with Crippen LogP contribution in [0.3, 0.4) is 0 Å². The van der Waals surface area contributed by atoms with Crippen LogP contribution >= 0.6 is 0 Å². The number of likely N-dealkylation sites (N-methyl/N-ethyl adjacent to an activating group) is 7. The maximum Gasteiger partial charge on any atom is 0.246 e. The summed E-state index contributed by atoms with van der Waals surface area (Å²) in [7, 11) is 12.2. The van der Waals surface area contributed by atoms with E-state index in [1.165, 1.54) is 90.6 Å². The summed E-state index contributed by atoms with van der Waals surface area (Å²) in [5.74, 6) is -11.0. The maximum atomic E-state index is 15.5. The molecule has 2 heterocycles. The molecule has 1 aliphatic rings. The number of amides is 8. The predicted molar refractivity (Wildman–Crippen MR) is 362 cm³/mol. The van der Waals surface area contributed by atoms with Crippen LogP contribution in [0.4, 0.5) is 0 Å². The Hall–Kier alpha value is -6.16. The van der Waals surface area contributed by atoms with Gasteiger partial charge in [-0.05, 0) is 125 Å². The summed E-state index contributed by atoms with van der Waals surface area (Å²) in [5.41, 5.74) is 1.02. The zero-order chi connectivity index (χ0) is 71.5. The van der Waals surface area contributed by atoms with E-state index in [4.69, 9.17) is 0 Å². The highest BCUT2D eigenvalue weighted by Gasteiger charge is 2.46. The number of aliphatic hydroxyl groups excluding tert-OH is 1. The lowest BCUT2D eigenvalue weighted by molar-refractivity contribution is -0.157. The first kappa shape index (κ1) is 82.9. The van der Waals surface area contributed by atoms with Gasteiger partial charge < -0.3 is 49.6 Å². The van der Waals surface area contributed by atoms with E-state index in [2.05, 4.69) is 15.2 Å². The highest BCUT2D eigenvalue weighted by molar-refractivity contribution is 6.00. The molecule has 8 amide bonds. The molecule has 22 nitrogen and oxygen atoms in total. The van der Waals surface area contributed by atoms with Crippen LogP contribution in [0.5, 0.6) is 0 Å². The fourth-order valence-corrected chi connectivity index (χ4v) is 12.7. The molecule has 1 saturated heterocycles. The van der Waals surface area contributed by atoms with Crippen LogP contribution in [0.1, 0.15) is 181 Å². The largest absolute Gasteiger partial charge is 0.390 e. The fourth-order valence-electron chi connectivity index (χ4n) is 12.7. The smallest absolute Gasteiger partial charge is 0.246 e. The number of nitrogens with zero attached hydrogens (tertiary/aromatic N) is 9. The number of carbonyl (C=O) groups excluding carboxylic acids is 11. The first-order chi connectivity index (χ1) is 43.0. The van der Waals surface area contributed by atoms with Crippen LogP contribution in [-0.4, -0.2) is 231 Å².